The first-order valence-corrected chi connectivity index (χ1v) is 14.9. The van der Waals surface area contributed by atoms with Crippen LogP contribution >= 0.6 is 0 Å². The molecule has 1 saturated heterocycles. The van der Waals surface area contributed by atoms with Gasteiger partial charge in [0.2, 0.25) is 9.84 Å². The molecule has 41 heavy (non-hydrogen) atoms. The Morgan fingerprint density at radius 1 is 0.927 bits per heavy atom. The number of methoxy groups -OCH3 is 3. The molecule has 5 rings (SSSR count). The molecule has 1 aliphatic heterocycles. The zero-order valence-corrected chi connectivity index (χ0v) is 24.4. The summed E-state index contributed by atoms with van der Waals surface area (Å²) in [7, 11) is 2.46. The molecular formula is C31H35N3O6S. The lowest BCUT2D eigenvalue weighted by Gasteiger charge is -2.35. The van der Waals surface area contributed by atoms with Crippen LogP contribution in [0.4, 0.5) is 5.69 Å². The molecule has 2 heterocycles. The summed E-state index contributed by atoms with van der Waals surface area (Å²) < 4.78 is 44.3. The number of benzene rings is 3. The molecule has 0 radical (unpaired) electrons. The van der Waals surface area contributed by atoms with Gasteiger partial charge in [-0.1, -0.05) is 24.3 Å². The van der Waals surface area contributed by atoms with E-state index in [0.717, 1.165) is 18.4 Å². The summed E-state index contributed by atoms with van der Waals surface area (Å²) in [5.41, 5.74) is 3.24. The number of ether oxygens (including phenoxy) is 3. The number of anilines is 1. The Morgan fingerprint density at radius 3 is 2.15 bits per heavy atom. The van der Waals surface area contributed by atoms with Crippen molar-refractivity contribution in [3.63, 3.8) is 0 Å². The lowest BCUT2D eigenvalue weighted by Crippen LogP contribution is -2.34. The van der Waals surface area contributed by atoms with Crippen LogP contribution in [0.3, 0.4) is 0 Å². The van der Waals surface area contributed by atoms with Gasteiger partial charge in [0.25, 0.3) is 0 Å². The Morgan fingerprint density at radius 2 is 1.56 bits per heavy atom. The van der Waals surface area contributed by atoms with E-state index in [1.807, 2.05) is 12.1 Å². The van der Waals surface area contributed by atoms with Crippen LogP contribution in [0.2, 0.25) is 0 Å². The average Bonchev–Trinajstić information content (AvgIpc) is 3.03. The number of rotatable bonds is 9. The maximum atomic E-state index is 14.0. The molecule has 2 N–H and O–H groups in total. The van der Waals surface area contributed by atoms with Crippen LogP contribution < -0.4 is 24.4 Å². The van der Waals surface area contributed by atoms with Gasteiger partial charge in [0.05, 0.1) is 37.4 Å². The van der Waals surface area contributed by atoms with E-state index in [1.165, 1.54) is 11.8 Å². The van der Waals surface area contributed by atoms with E-state index in [9.17, 15) is 13.5 Å². The van der Waals surface area contributed by atoms with E-state index < -0.39 is 16.1 Å². The minimum Gasteiger partial charge on any atom is -0.497 e. The highest BCUT2D eigenvalue weighted by atomic mass is 32.2. The number of piperidine rings is 1. The Balaban J connectivity index is 1.55. The number of sulfone groups is 1. The molecule has 10 heteroatoms. The zero-order chi connectivity index (χ0) is 29.1. The Kier molecular flexibility index (Phi) is 8.35. The van der Waals surface area contributed by atoms with Crippen LogP contribution in [0.1, 0.15) is 36.1 Å². The summed E-state index contributed by atoms with van der Waals surface area (Å²) in [6.07, 6.45) is 2.42. The van der Waals surface area contributed by atoms with Gasteiger partial charge in [-0.3, -0.25) is 10.3 Å². The number of nitrogens with one attached hydrogen (secondary N) is 1. The van der Waals surface area contributed by atoms with E-state index in [0.29, 0.717) is 52.8 Å². The van der Waals surface area contributed by atoms with Crippen molar-refractivity contribution in [3.8, 4) is 17.2 Å². The van der Waals surface area contributed by atoms with Gasteiger partial charge in [0.1, 0.15) is 16.9 Å². The van der Waals surface area contributed by atoms with Gasteiger partial charge in [0.15, 0.2) is 11.5 Å². The lowest BCUT2D eigenvalue weighted by atomic mass is 9.88. The number of hydrogen-bond acceptors (Lipinski definition) is 9. The second kappa shape index (κ2) is 11.9. The van der Waals surface area contributed by atoms with Gasteiger partial charge in [-0.25, -0.2) is 8.42 Å². The van der Waals surface area contributed by atoms with Crippen molar-refractivity contribution in [1.82, 2.24) is 10.3 Å². The summed E-state index contributed by atoms with van der Waals surface area (Å²) in [4.78, 5) is 7.00. The highest BCUT2D eigenvalue weighted by Gasteiger charge is 2.30. The fourth-order valence-electron chi connectivity index (χ4n) is 5.45. The highest BCUT2D eigenvalue weighted by molar-refractivity contribution is 7.91. The molecule has 1 atom stereocenters. The van der Waals surface area contributed by atoms with Gasteiger partial charge in [-0.05, 0) is 67.3 Å². The third kappa shape index (κ3) is 5.55. The first-order valence-electron chi connectivity index (χ1n) is 13.4. The average molecular weight is 578 g/mol. The predicted molar refractivity (Wildman–Crippen MR) is 158 cm³/mol. The summed E-state index contributed by atoms with van der Waals surface area (Å²) >= 11 is 0. The van der Waals surface area contributed by atoms with E-state index in [2.05, 4.69) is 27.3 Å². The summed E-state index contributed by atoms with van der Waals surface area (Å²) in [5.74, 6) is 1.92. The Labute approximate surface area is 240 Å². The van der Waals surface area contributed by atoms with Crippen LogP contribution in [-0.2, 0) is 9.84 Å². The maximum Gasteiger partial charge on any atom is 0.210 e. The highest BCUT2D eigenvalue weighted by Crippen LogP contribution is 2.42. The molecule has 0 aliphatic carbocycles. The summed E-state index contributed by atoms with van der Waals surface area (Å²) in [6.45, 7) is 1.31. The van der Waals surface area contributed by atoms with Gasteiger partial charge in [0, 0.05) is 30.7 Å². The molecule has 1 unspecified atom stereocenters. The second-order valence-corrected chi connectivity index (χ2v) is 11.9. The van der Waals surface area contributed by atoms with Crippen molar-refractivity contribution in [3.05, 3.63) is 78.0 Å². The largest absolute Gasteiger partial charge is 0.497 e. The molecule has 0 bridgehead atoms. The topological polar surface area (TPSA) is 110 Å². The van der Waals surface area contributed by atoms with Gasteiger partial charge < -0.3 is 24.2 Å². The fourth-order valence-corrected chi connectivity index (χ4v) is 6.88. The van der Waals surface area contributed by atoms with Crippen molar-refractivity contribution in [1.29, 1.82) is 0 Å². The van der Waals surface area contributed by atoms with Crippen LogP contribution in [-0.4, -0.2) is 60.0 Å². The van der Waals surface area contributed by atoms with Crippen molar-refractivity contribution in [2.24, 2.45) is 0 Å². The van der Waals surface area contributed by atoms with Gasteiger partial charge in [-0.2, -0.15) is 0 Å². The Bertz CT molecular complexity index is 1620. The van der Waals surface area contributed by atoms with E-state index in [4.69, 9.17) is 14.2 Å². The van der Waals surface area contributed by atoms with E-state index in [1.54, 1.807) is 64.8 Å². The minimum atomic E-state index is -3.91. The number of aromatic nitrogens is 1. The standard InChI is InChI=1S/C31H35N3O6S/c1-32-31(35)22-7-5-20(6-8-22)21-13-15-34(16-14-21)30-25-17-27(39-3)28(40-4)18-26(25)33-19-29(30)41(36,37)24-11-9-23(38-2)10-12-24/h5-12,17-19,21,31-32,35H,13-16H2,1-4H3. The summed E-state index contributed by atoms with van der Waals surface area (Å²) in [6, 6.07) is 18.0. The first kappa shape index (κ1) is 28.7. The predicted octanol–water partition coefficient (Wildman–Crippen LogP) is 4.69. The smallest absolute Gasteiger partial charge is 0.210 e. The van der Waals surface area contributed by atoms with Crippen LogP contribution in [0.15, 0.2) is 76.7 Å². The first-order chi connectivity index (χ1) is 19.8. The second-order valence-electron chi connectivity index (χ2n) is 9.99. The third-order valence-electron chi connectivity index (χ3n) is 7.78. The fraction of sp³-hybridized carbons (Fsp3) is 0.323. The number of fused-ring (bicyclic) bond motifs is 1. The van der Waals surface area contributed by atoms with Gasteiger partial charge in [-0.15, -0.1) is 0 Å². The van der Waals surface area contributed by atoms with E-state index >= 15 is 0 Å². The molecule has 0 amide bonds. The quantitative estimate of drug-likeness (QED) is 0.274. The number of aliphatic hydroxyl groups is 1. The molecular weight excluding hydrogens is 542 g/mol. The maximum absolute atomic E-state index is 14.0. The molecule has 0 spiro atoms. The SMILES string of the molecule is CNC(O)c1ccc(C2CCN(c3c(S(=O)(=O)c4ccc(OC)cc4)cnc4cc(OC)c(OC)cc34)CC2)cc1. The normalized spacial score (nSPS) is 15.1. The molecule has 9 nitrogen and oxygen atoms in total. The number of aliphatic hydroxyl groups excluding tert-OH is 1. The lowest BCUT2D eigenvalue weighted by molar-refractivity contribution is 0.149. The number of hydrogen-bond donors (Lipinski definition) is 2. The van der Waals surface area contributed by atoms with E-state index in [-0.39, 0.29) is 9.79 Å². The van der Waals surface area contributed by atoms with Crippen molar-refractivity contribution in [2.75, 3.05) is 46.4 Å². The zero-order valence-electron chi connectivity index (χ0n) is 23.6. The molecule has 4 aromatic rings. The third-order valence-corrected chi connectivity index (χ3v) is 9.55. The van der Waals surface area contributed by atoms with Gasteiger partial charge >= 0.3 is 0 Å². The monoisotopic (exact) mass is 577 g/mol. The van der Waals surface area contributed by atoms with Crippen LogP contribution in [0.25, 0.3) is 10.9 Å². The number of pyridine rings is 1. The molecule has 216 valence electrons. The van der Waals surface area contributed by atoms with Crippen LogP contribution in [0, 0.1) is 0 Å². The molecule has 1 aromatic heterocycles. The van der Waals surface area contributed by atoms with Crippen molar-refractivity contribution in [2.45, 2.75) is 34.8 Å². The summed E-state index contributed by atoms with van der Waals surface area (Å²) in [5, 5.41) is 13.6. The molecule has 1 aliphatic rings. The molecule has 0 saturated carbocycles. The minimum absolute atomic E-state index is 0.145. The van der Waals surface area contributed by atoms with Crippen molar-refractivity contribution < 1.29 is 27.7 Å². The Hall–Kier alpha value is -3.86. The molecule has 1 fully saturated rings. The van der Waals surface area contributed by atoms with Crippen LogP contribution in [0.5, 0.6) is 17.2 Å². The molecule has 3 aromatic carbocycles. The number of nitrogens with zero attached hydrogens (tertiary/aromatic N) is 2. The van der Waals surface area contributed by atoms with Crippen molar-refractivity contribution >= 4 is 26.4 Å².